The van der Waals surface area contributed by atoms with Gasteiger partial charge in [0.05, 0.1) is 13.2 Å². The minimum atomic E-state index is -0.313. The van der Waals surface area contributed by atoms with Gasteiger partial charge >= 0.3 is 0 Å². The summed E-state index contributed by atoms with van der Waals surface area (Å²) < 4.78 is 5.33. The minimum Gasteiger partial charge on any atom is -0.481 e. The molecule has 0 fully saturated rings. The van der Waals surface area contributed by atoms with Gasteiger partial charge in [-0.1, -0.05) is 32.0 Å². The van der Waals surface area contributed by atoms with Gasteiger partial charge in [-0.15, -0.1) is 0 Å². The number of pyridine rings is 1. The number of hydrogen-bond donors (Lipinski definition) is 2. The number of methoxy groups -OCH3 is 1. The first-order chi connectivity index (χ1) is 12.5. The number of H-pyrrole nitrogens is 1. The van der Waals surface area contributed by atoms with Crippen LogP contribution in [0.4, 0.5) is 0 Å². The minimum absolute atomic E-state index is 0.273. The Bertz CT molecular complexity index is 921. The van der Waals surface area contributed by atoms with Crippen LogP contribution >= 0.6 is 0 Å². The van der Waals surface area contributed by atoms with Gasteiger partial charge in [0.2, 0.25) is 5.88 Å². The highest BCUT2D eigenvalue weighted by Crippen LogP contribution is 2.24. The first kappa shape index (κ1) is 17.8. The van der Waals surface area contributed by atoms with Crippen LogP contribution < -0.4 is 10.1 Å². The van der Waals surface area contributed by atoms with E-state index in [1.165, 1.54) is 0 Å². The van der Waals surface area contributed by atoms with Gasteiger partial charge in [0, 0.05) is 11.3 Å². The number of aromatic amines is 1. The Kier molecular flexibility index (Phi) is 5.16. The van der Waals surface area contributed by atoms with E-state index in [4.69, 9.17) is 4.74 Å². The fourth-order valence-electron chi connectivity index (χ4n) is 2.66. The molecule has 2 heterocycles. The monoisotopic (exact) mass is 353 g/mol. The zero-order valence-corrected chi connectivity index (χ0v) is 15.4. The normalized spacial score (nSPS) is 13.4. The van der Waals surface area contributed by atoms with E-state index in [2.05, 4.69) is 39.3 Å². The molecule has 1 aromatic carbocycles. The molecule has 0 saturated heterocycles. The second kappa shape index (κ2) is 7.51. The number of rotatable bonds is 6. The maximum absolute atomic E-state index is 12.6. The van der Waals surface area contributed by atoms with Gasteiger partial charge in [0.25, 0.3) is 5.91 Å². The second-order valence-corrected chi connectivity index (χ2v) is 6.32. The number of nitrogens with one attached hydrogen (secondary N) is 2. The molecule has 7 nitrogen and oxygen atoms in total. The van der Waals surface area contributed by atoms with Gasteiger partial charge in [-0.2, -0.15) is 5.10 Å². The first-order valence-electron chi connectivity index (χ1n) is 8.70. The number of benzene rings is 1. The van der Waals surface area contributed by atoms with Crippen molar-refractivity contribution in [2.24, 2.45) is 0 Å². The Labute approximate surface area is 152 Å². The molecule has 0 spiro atoms. The standard InChI is InChI=1S/C19H23N5O2/c1-5-11(2)16-22-17(24-23-16)12(3)20-18(25)15-10-13-8-6-7-9-14(13)19(21-15)26-4/h6-12H,5H2,1-4H3,(H,20,25)(H,22,23,24)/t11-,12+/m1/s1. The lowest BCUT2D eigenvalue weighted by atomic mass is 10.1. The van der Waals surface area contributed by atoms with Gasteiger partial charge in [-0.05, 0) is 30.9 Å². The molecule has 2 atom stereocenters. The van der Waals surface area contributed by atoms with E-state index in [9.17, 15) is 4.79 Å². The highest BCUT2D eigenvalue weighted by Gasteiger charge is 2.19. The molecule has 1 amide bonds. The number of carbonyl (C=O) groups is 1. The molecule has 0 aliphatic heterocycles. The average molecular weight is 353 g/mol. The van der Waals surface area contributed by atoms with Crippen LogP contribution in [0.25, 0.3) is 10.8 Å². The molecule has 0 bridgehead atoms. The van der Waals surface area contributed by atoms with Crippen molar-refractivity contribution in [3.63, 3.8) is 0 Å². The van der Waals surface area contributed by atoms with Crippen LogP contribution in [0.15, 0.2) is 30.3 Å². The summed E-state index contributed by atoms with van der Waals surface area (Å²) in [5.74, 6) is 1.80. The van der Waals surface area contributed by atoms with Crippen molar-refractivity contribution in [1.29, 1.82) is 0 Å². The first-order valence-corrected chi connectivity index (χ1v) is 8.70. The van der Waals surface area contributed by atoms with E-state index in [-0.39, 0.29) is 17.9 Å². The average Bonchev–Trinajstić information content (AvgIpc) is 3.16. The fraction of sp³-hybridized carbons (Fsp3) is 0.368. The predicted molar refractivity (Wildman–Crippen MR) is 99.3 cm³/mol. The molecule has 0 unspecified atom stereocenters. The molecule has 0 saturated carbocycles. The van der Waals surface area contributed by atoms with Crippen LogP contribution in [-0.2, 0) is 0 Å². The lowest BCUT2D eigenvalue weighted by Gasteiger charge is -2.12. The highest BCUT2D eigenvalue weighted by molar-refractivity contribution is 5.98. The summed E-state index contributed by atoms with van der Waals surface area (Å²) in [6.07, 6.45) is 0.957. The van der Waals surface area contributed by atoms with Gasteiger partial charge in [0.15, 0.2) is 5.82 Å². The van der Waals surface area contributed by atoms with Crippen molar-refractivity contribution in [2.75, 3.05) is 7.11 Å². The zero-order chi connectivity index (χ0) is 18.7. The lowest BCUT2D eigenvalue weighted by molar-refractivity contribution is 0.0932. The van der Waals surface area contributed by atoms with Crippen molar-refractivity contribution in [2.45, 2.75) is 39.2 Å². The number of fused-ring (bicyclic) bond motifs is 1. The lowest BCUT2D eigenvalue weighted by Crippen LogP contribution is -2.28. The Balaban J connectivity index is 1.81. The van der Waals surface area contributed by atoms with E-state index >= 15 is 0 Å². The van der Waals surface area contributed by atoms with Gasteiger partial charge in [0.1, 0.15) is 11.5 Å². The van der Waals surface area contributed by atoms with Crippen molar-refractivity contribution in [3.8, 4) is 5.88 Å². The smallest absolute Gasteiger partial charge is 0.270 e. The van der Waals surface area contributed by atoms with Gasteiger partial charge in [-0.3, -0.25) is 9.89 Å². The van der Waals surface area contributed by atoms with Crippen molar-refractivity contribution in [1.82, 2.24) is 25.5 Å². The van der Waals surface area contributed by atoms with Crippen LogP contribution in [0.5, 0.6) is 5.88 Å². The molecule has 2 aromatic heterocycles. The van der Waals surface area contributed by atoms with E-state index in [0.717, 1.165) is 23.0 Å². The van der Waals surface area contributed by atoms with Crippen LogP contribution in [0, 0.1) is 0 Å². The van der Waals surface area contributed by atoms with E-state index in [1.54, 1.807) is 13.2 Å². The van der Waals surface area contributed by atoms with E-state index < -0.39 is 0 Å². The summed E-state index contributed by atoms with van der Waals surface area (Å²) in [5, 5.41) is 11.8. The Morgan fingerprint density at radius 3 is 2.77 bits per heavy atom. The topological polar surface area (TPSA) is 92.8 Å². The summed E-state index contributed by atoms with van der Waals surface area (Å²) >= 11 is 0. The molecule has 136 valence electrons. The molecule has 3 aromatic rings. The summed E-state index contributed by atoms with van der Waals surface area (Å²) in [5.41, 5.74) is 0.300. The molecule has 3 rings (SSSR count). The molecule has 0 aliphatic carbocycles. The number of carbonyl (C=O) groups excluding carboxylic acids is 1. The van der Waals surface area contributed by atoms with Crippen molar-refractivity contribution < 1.29 is 9.53 Å². The third-order valence-corrected chi connectivity index (χ3v) is 4.46. The SMILES string of the molecule is CC[C@@H](C)c1n[nH]c([C@H](C)NC(=O)c2cc3ccccc3c(OC)n2)n1. The number of hydrogen-bond acceptors (Lipinski definition) is 5. The number of ether oxygens (including phenoxy) is 1. The highest BCUT2D eigenvalue weighted by atomic mass is 16.5. The second-order valence-electron chi connectivity index (χ2n) is 6.32. The number of nitrogens with zero attached hydrogens (tertiary/aromatic N) is 3. The molecule has 2 N–H and O–H groups in total. The van der Waals surface area contributed by atoms with E-state index in [1.807, 2.05) is 31.2 Å². The van der Waals surface area contributed by atoms with Crippen LogP contribution in [0.1, 0.15) is 61.3 Å². The Morgan fingerprint density at radius 1 is 1.27 bits per heavy atom. The Morgan fingerprint density at radius 2 is 2.04 bits per heavy atom. The van der Waals surface area contributed by atoms with Crippen molar-refractivity contribution in [3.05, 3.63) is 47.7 Å². The van der Waals surface area contributed by atoms with Crippen molar-refractivity contribution >= 4 is 16.7 Å². The summed E-state index contributed by atoms with van der Waals surface area (Å²) in [6.45, 7) is 6.02. The molecular weight excluding hydrogens is 330 g/mol. The predicted octanol–water partition coefficient (Wildman–Crippen LogP) is 3.37. The fourth-order valence-corrected chi connectivity index (χ4v) is 2.66. The Hall–Kier alpha value is -2.96. The third kappa shape index (κ3) is 3.51. The van der Waals surface area contributed by atoms with Gasteiger partial charge < -0.3 is 10.1 Å². The summed E-state index contributed by atoms with van der Waals surface area (Å²) in [6, 6.07) is 9.10. The quantitative estimate of drug-likeness (QED) is 0.709. The summed E-state index contributed by atoms with van der Waals surface area (Å²) in [7, 11) is 1.55. The third-order valence-electron chi connectivity index (χ3n) is 4.46. The van der Waals surface area contributed by atoms with Crippen LogP contribution in [0.2, 0.25) is 0 Å². The largest absolute Gasteiger partial charge is 0.481 e. The van der Waals surface area contributed by atoms with Gasteiger partial charge in [-0.25, -0.2) is 9.97 Å². The molecule has 0 radical (unpaired) electrons. The molecule has 26 heavy (non-hydrogen) atoms. The molecular formula is C19H23N5O2. The molecule has 7 heteroatoms. The maximum atomic E-state index is 12.6. The number of amides is 1. The molecule has 0 aliphatic rings. The van der Waals surface area contributed by atoms with E-state index in [0.29, 0.717) is 17.4 Å². The number of aromatic nitrogens is 4. The van der Waals surface area contributed by atoms with Crippen LogP contribution in [-0.4, -0.2) is 33.2 Å². The summed E-state index contributed by atoms with van der Waals surface area (Å²) in [4.78, 5) is 21.5. The maximum Gasteiger partial charge on any atom is 0.270 e. The zero-order valence-electron chi connectivity index (χ0n) is 15.4. The van der Waals surface area contributed by atoms with Crippen LogP contribution in [0.3, 0.4) is 0 Å².